The highest BCUT2D eigenvalue weighted by Gasteiger charge is 2.27. The minimum absolute atomic E-state index is 0.0423. The zero-order valence-corrected chi connectivity index (χ0v) is 18.6. The SMILES string of the molecule is Cc1ccc(OC2CCN(Cc3ccncc3)CC2)c(C(=O)N(C)C2CCOCC2)c1. The molecule has 2 aliphatic heterocycles. The van der Waals surface area contributed by atoms with E-state index in [2.05, 4.69) is 22.0 Å². The molecule has 6 heteroatoms. The van der Waals surface area contributed by atoms with E-state index in [0.717, 1.165) is 64.1 Å². The number of nitrogens with zero attached hydrogens (tertiary/aromatic N) is 3. The van der Waals surface area contributed by atoms with Crippen LogP contribution in [-0.2, 0) is 11.3 Å². The van der Waals surface area contributed by atoms with E-state index in [4.69, 9.17) is 9.47 Å². The Labute approximate surface area is 185 Å². The maximum atomic E-state index is 13.3. The van der Waals surface area contributed by atoms with Crippen LogP contribution in [0.1, 0.15) is 47.2 Å². The molecule has 0 bridgehead atoms. The lowest BCUT2D eigenvalue weighted by molar-refractivity contribution is 0.0356. The van der Waals surface area contributed by atoms with Crippen molar-refractivity contribution in [2.45, 2.75) is 51.3 Å². The molecule has 1 aromatic carbocycles. The van der Waals surface area contributed by atoms with Crippen molar-refractivity contribution in [3.8, 4) is 5.75 Å². The number of likely N-dealkylation sites (tertiary alicyclic amines) is 1. The Morgan fingerprint density at radius 2 is 1.84 bits per heavy atom. The molecule has 0 unspecified atom stereocenters. The third kappa shape index (κ3) is 5.63. The smallest absolute Gasteiger partial charge is 0.257 e. The summed E-state index contributed by atoms with van der Waals surface area (Å²) in [5, 5.41) is 0. The normalized spacial score (nSPS) is 18.6. The number of amides is 1. The number of rotatable bonds is 6. The van der Waals surface area contributed by atoms with Gasteiger partial charge in [-0.3, -0.25) is 14.7 Å². The quantitative estimate of drug-likeness (QED) is 0.709. The highest BCUT2D eigenvalue weighted by atomic mass is 16.5. The highest BCUT2D eigenvalue weighted by molar-refractivity contribution is 5.97. The van der Waals surface area contributed by atoms with Gasteiger partial charge in [-0.05, 0) is 62.4 Å². The van der Waals surface area contributed by atoms with E-state index in [0.29, 0.717) is 11.3 Å². The lowest BCUT2D eigenvalue weighted by Gasteiger charge is -2.34. The molecular weight excluding hydrogens is 390 g/mol. The first-order chi connectivity index (χ1) is 15.1. The Morgan fingerprint density at radius 1 is 1.13 bits per heavy atom. The molecule has 6 nitrogen and oxygen atoms in total. The van der Waals surface area contributed by atoms with Gasteiger partial charge in [-0.2, -0.15) is 0 Å². The molecule has 166 valence electrons. The van der Waals surface area contributed by atoms with Gasteiger partial charge in [0.2, 0.25) is 0 Å². The predicted octanol–water partition coefficient (Wildman–Crippen LogP) is 3.68. The number of carbonyl (C=O) groups excluding carboxylic acids is 1. The minimum atomic E-state index is 0.0423. The maximum Gasteiger partial charge on any atom is 0.257 e. The van der Waals surface area contributed by atoms with E-state index >= 15 is 0 Å². The lowest BCUT2D eigenvalue weighted by atomic mass is 10.0. The summed E-state index contributed by atoms with van der Waals surface area (Å²) in [6.07, 6.45) is 7.53. The van der Waals surface area contributed by atoms with E-state index < -0.39 is 0 Å². The zero-order chi connectivity index (χ0) is 21.6. The van der Waals surface area contributed by atoms with Crippen LogP contribution in [0, 0.1) is 6.92 Å². The second kappa shape index (κ2) is 10.2. The van der Waals surface area contributed by atoms with Crippen molar-refractivity contribution in [1.29, 1.82) is 0 Å². The van der Waals surface area contributed by atoms with E-state index in [1.807, 2.05) is 49.5 Å². The molecule has 0 saturated carbocycles. The fraction of sp³-hybridized carbons (Fsp3) is 0.520. The van der Waals surface area contributed by atoms with Crippen LogP contribution in [0.3, 0.4) is 0 Å². The van der Waals surface area contributed by atoms with Crippen molar-refractivity contribution in [1.82, 2.24) is 14.8 Å². The number of hydrogen-bond acceptors (Lipinski definition) is 5. The van der Waals surface area contributed by atoms with E-state index in [1.54, 1.807) is 0 Å². The molecule has 2 saturated heterocycles. The van der Waals surface area contributed by atoms with Gasteiger partial charge in [0.05, 0.1) is 5.56 Å². The van der Waals surface area contributed by atoms with Crippen molar-refractivity contribution in [3.63, 3.8) is 0 Å². The van der Waals surface area contributed by atoms with Crippen LogP contribution < -0.4 is 4.74 Å². The van der Waals surface area contributed by atoms with Gasteiger partial charge < -0.3 is 14.4 Å². The highest BCUT2D eigenvalue weighted by Crippen LogP contribution is 2.27. The van der Waals surface area contributed by atoms with Gasteiger partial charge >= 0.3 is 0 Å². The fourth-order valence-corrected chi connectivity index (χ4v) is 4.45. The summed E-state index contributed by atoms with van der Waals surface area (Å²) < 4.78 is 11.8. The summed E-state index contributed by atoms with van der Waals surface area (Å²) in [5.41, 5.74) is 3.04. The Kier molecular flexibility index (Phi) is 7.20. The van der Waals surface area contributed by atoms with E-state index in [9.17, 15) is 4.79 Å². The molecule has 4 rings (SSSR count). The molecule has 2 aromatic rings. The molecule has 0 N–H and O–H groups in total. The lowest BCUT2D eigenvalue weighted by Crippen LogP contribution is -2.41. The zero-order valence-electron chi connectivity index (χ0n) is 18.6. The number of ether oxygens (including phenoxy) is 2. The molecule has 0 atom stereocenters. The predicted molar refractivity (Wildman–Crippen MR) is 120 cm³/mol. The van der Waals surface area contributed by atoms with Crippen molar-refractivity contribution in [2.75, 3.05) is 33.4 Å². The summed E-state index contributed by atoms with van der Waals surface area (Å²) in [6, 6.07) is 10.3. The third-order valence-electron chi connectivity index (χ3n) is 6.41. The molecule has 0 spiro atoms. The standard InChI is InChI=1S/C25H33N3O3/c1-19-3-4-24(23(17-19)25(29)27(2)21-9-15-30-16-10-21)31-22-7-13-28(14-8-22)18-20-5-11-26-12-6-20/h3-6,11-12,17,21-22H,7-10,13-16,18H2,1-2H3. The number of carbonyl (C=O) groups is 1. The summed E-state index contributed by atoms with van der Waals surface area (Å²) in [6.45, 7) is 6.38. The topological polar surface area (TPSA) is 54.9 Å². The van der Waals surface area contributed by atoms with Crippen molar-refractivity contribution >= 4 is 5.91 Å². The van der Waals surface area contributed by atoms with Crippen LogP contribution >= 0.6 is 0 Å². The van der Waals surface area contributed by atoms with Crippen LogP contribution in [0.15, 0.2) is 42.7 Å². The average Bonchev–Trinajstić information content (AvgIpc) is 2.82. The van der Waals surface area contributed by atoms with Gasteiger partial charge in [0.1, 0.15) is 11.9 Å². The van der Waals surface area contributed by atoms with Crippen LogP contribution in [0.5, 0.6) is 5.75 Å². The molecule has 2 fully saturated rings. The van der Waals surface area contributed by atoms with Crippen molar-refractivity contribution in [3.05, 3.63) is 59.4 Å². The maximum absolute atomic E-state index is 13.3. The largest absolute Gasteiger partial charge is 0.489 e. The molecule has 1 aromatic heterocycles. The number of benzene rings is 1. The molecule has 31 heavy (non-hydrogen) atoms. The first kappa shape index (κ1) is 21.8. The third-order valence-corrected chi connectivity index (χ3v) is 6.41. The van der Waals surface area contributed by atoms with Gasteiger partial charge in [0.25, 0.3) is 5.91 Å². The Bertz CT molecular complexity index is 860. The van der Waals surface area contributed by atoms with Gasteiger partial charge in [-0.25, -0.2) is 0 Å². The molecular formula is C25H33N3O3. The number of pyridine rings is 1. The average molecular weight is 424 g/mol. The Morgan fingerprint density at radius 3 is 2.55 bits per heavy atom. The number of aromatic nitrogens is 1. The monoisotopic (exact) mass is 423 g/mol. The van der Waals surface area contributed by atoms with Crippen LogP contribution in [0.4, 0.5) is 0 Å². The van der Waals surface area contributed by atoms with Gasteiger partial charge in [0, 0.05) is 58.3 Å². The van der Waals surface area contributed by atoms with E-state index in [-0.39, 0.29) is 18.1 Å². The number of aryl methyl sites for hydroxylation is 1. The Hall–Kier alpha value is -2.44. The van der Waals surface area contributed by atoms with Gasteiger partial charge in [0.15, 0.2) is 0 Å². The van der Waals surface area contributed by atoms with Crippen molar-refractivity contribution < 1.29 is 14.3 Å². The van der Waals surface area contributed by atoms with Crippen LogP contribution in [0.25, 0.3) is 0 Å². The Balaban J connectivity index is 1.38. The van der Waals surface area contributed by atoms with E-state index in [1.165, 1.54) is 5.56 Å². The summed E-state index contributed by atoms with van der Waals surface area (Å²) in [5.74, 6) is 0.753. The second-order valence-corrected chi connectivity index (χ2v) is 8.71. The first-order valence-corrected chi connectivity index (χ1v) is 11.3. The molecule has 0 radical (unpaired) electrons. The van der Waals surface area contributed by atoms with Crippen LogP contribution in [-0.4, -0.2) is 66.2 Å². The number of hydrogen-bond donors (Lipinski definition) is 0. The van der Waals surface area contributed by atoms with Crippen LogP contribution in [0.2, 0.25) is 0 Å². The molecule has 1 amide bonds. The fourth-order valence-electron chi connectivity index (χ4n) is 4.45. The van der Waals surface area contributed by atoms with Crippen molar-refractivity contribution in [2.24, 2.45) is 0 Å². The van der Waals surface area contributed by atoms with Gasteiger partial charge in [-0.15, -0.1) is 0 Å². The molecule has 2 aliphatic rings. The molecule has 0 aliphatic carbocycles. The summed E-state index contributed by atoms with van der Waals surface area (Å²) in [7, 11) is 1.90. The number of piperidine rings is 1. The summed E-state index contributed by atoms with van der Waals surface area (Å²) in [4.78, 5) is 21.7. The molecule has 3 heterocycles. The minimum Gasteiger partial charge on any atom is -0.489 e. The van der Waals surface area contributed by atoms with Gasteiger partial charge in [-0.1, -0.05) is 11.6 Å². The second-order valence-electron chi connectivity index (χ2n) is 8.71. The first-order valence-electron chi connectivity index (χ1n) is 11.3. The summed E-state index contributed by atoms with van der Waals surface area (Å²) >= 11 is 0.